The molecule has 0 aromatic carbocycles. The summed E-state index contributed by atoms with van der Waals surface area (Å²) in [5.41, 5.74) is 0. The lowest BCUT2D eigenvalue weighted by atomic mass is 10.1. The fourth-order valence-corrected chi connectivity index (χ4v) is 2.25. The lowest BCUT2D eigenvalue weighted by molar-refractivity contribution is -0.0813. The highest BCUT2D eigenvalue weighted by Gasteiger charge is 2.39. The van der Waals surface area contributed by atoms with Gasteiger partial charge >= 0.3 is 0 Å². The monoisotopic (exact) mass is 276 g/mol. The zero-order valence-corrected chi connectivity index (χ0v) is 11.8. The van der Waals surface area contributed by atoms with Crippen LogP contribution in [0.25, 0.3) is 0 Å². The topological polar surface area (TPSA) is 79.2 Å². The van der Waals surface area contributed by atoms with Gasteiger partial charge in [-0.1, -0.05) is 39.0 Å². The van der Waals surface area contributed by atoms with Crippen LogP contribution in [0.2, 0.25) is 0 Å². The number of ether oxygens (including phenoxy) is 2. The average molecular weight is 276 g/mol. The van der Waals surface area contributed by atoms with E-state index in [0.29, 0.717) is 6.61 Å². The first kappa shape index (κ1) is 16.9. The van der Waals surface area contributed by atoms with Gasteiger partial charge < -0.3 is 24.8 Å². The molecule has 1 heterocycles. The maximum Gasteiger partial charge on any atom is 0.114 e. The van der Waals surface area contributed by atoms with Crippen LogP contribution in [0.4, 0.5) is 0 Å². The van der Waals surface area contributed by atoms with Crippen LogP contribution in [0.3, 0.4) is 0 Å². The first-order chi connectivity index (χ1) is 9.16. The Kier molecular flexibility index (Phi) is 8.57. The Morgan fingerprint density at radius 3 is 2.47 bits per heavy atom. The Hall–Kier alpha value is -0.200. The van der Waals surface area contributed by atoms with Crippen LogP contribution in [-0.2, 0) is 9.47 Å². The fraction of sp³-hybridized carbons (Fsp3) is 1.00. The minimum Gasteiger partial charge on any atom is -0.388 e. The van der Waals surface area contributed by atoms with Crippen molar-refractivity contribution in [1.29, 1.82) is 0 Å². The first-order valence-electron chi connectivity index (χ1n) is 7.40. The number of unbranched alkanes of at least 4 members (excludes halogenated alkanes) is 5. The van der Waals surface area contributed by atoms with Crippen molar-refractivity contribution in [2.24, 2.45) is 0 Å². The summed E-state index contributed by atoms with van der Waals surface area (Å²) in [6, 6.07) is 0. The Balaban J connectivity index is 1.97. The highest BCUT2D eigenvalue weighted by molar-refractivity contribution is 4.87. The zero-order valence-electron chi connectivity index (χ0n) is 11.8. The molecular weight excluding hydrogens is 248 g/mol. The van der Waals surface area contributed by atoms with E-state index in [2.05, 4.69) is 6.92 Å². The Bertz CT molecular complexity index is 224. The van der Waals surface area contributed by atoms with Gasteiger partial charge in [-0.3, -0.25) is 0 Å². The molecule has 1 aliphatic rings. The van der Waals surface area contributed by atoms with Gasteiger partial charge in [0.25, 0.3) is 0 Å². The van der Waals surface area contributed by atoms with E-state index in [1.807, 2.05) is 0 Å². The maximum absolute atomic E-state index is 9.79. The molecule has 3 N–H and O–H groups in total. The maximum atomic E-state index is 9.79. The molecule has 0 aliphatic carbocycles. The largest absolute Gasteiger partial charge is 0.388 e. The van der Waals surface area contributed by atoms with E-state index < -0.39 is 24.4 Å². The molecule has 4 atom stereocenters. The lowest BCUT2D eigenvalue weighted by Crippen LogP contribution is -2.40. The summed E-state index contributed by atoms with van der Waals surface area (Å²) in [5, 5.41) is 28.7. The average Bonchev–Trinajstić information content (AvgIpc) is 2.73. The third-order valence-corrected chi connectivity index (χ3v) is 3.50. The van der Waals surface area contributed by atoms with Gasteiger partial charge in [0, 0.05) is 6.61 Å². The van der Waals surface area contributed by atoms with E-state index in [0.717, 1.165) is 12.8 Å². The Labute approximate surface area is 115 Å². The molecule has 5 heteroatoms. The van der Waals surface area contributed by atoms with E-state index >= 15 is 0 Å². The van der Waals surface area contributed by atoms with E-state index in [4.69, 9.17) is 9.47 Å². The predicted molar refractivity (Wildman–Crippen MR) is 72.0 cm³/mol. The minimum atomic E-state index is -1.02. The van der Waals surface area contributed by atoms with Gasteiger partial charge in [-0.2, -0.15) is 0 Å². The van der Waals surface area contributed by atoms with Gasteiger partial charge in [-0.05, 0) is 6.42 Å². The molecule has 114 valence electrons. The van der Waals surface area contributed by atoms with Crippen LogP contribution in [0.5, 0.6) is 0 Å². The van der Waals surface area contributed by atoms with Gasteiger partial charge in [0.15, 0.2) is 0 Å². The van der Waals surface area contributed by atoms with Gasteiger partial charge in [-0.15, -0.1) is 0 Å². The third kappa shape index (κ3) is 6.19. The molecule has 19 heavy (non-hydrogen) atoms. The predicted octanol–water partition coefficient (Wildman–Crippen LogP) is 0.845. The van der Waals surface area contributed by atoms with Crippen molar-refractivity contribution in [3.8, 4) is 0 Å². The molecule has 0 spiro atoms. The van der Waals surface area contributed by atoms with Crippen LogP contribution < -0.4 is 0 Å². The van der Waals surface area contributed by atoms with Crippen molar-refractivity contribution < 1.29 is 24.8 Å². The number of rotatable bonds is 10. The summed E-state index contributed by atoms with van der Waals surface area (Å²) in [7, 11) is 0. The van der Waals surface area contributed by atoms with Crippen LogP contribution in [0.15, 0.2) is 0 Å². The van der Waals surface area contributed by atoms with E-state index in [-0.39, 0.29) is 13.2 Å². The van der Waals surface area contributed by atoms with Crippen molar-refractivity contribution in [3.05, 3.63) is 0 Å². The smallest absolute Gasteiger partial charge is 0.114 e. The SMILES string of the molecule is CCCCCCCCOCC(O)C1OCC(O)C1O. The number of aliphatic hydroxyl groups excluding tert-OH is 3. The number of hydrogen-bond acceptors (Lipinski definition) is 5. The molecule has 0 saturated carbocycles. The van der Waals surface area contributed by atoms with Gasteiger partial charge in [0.2, 0.25) is 0 Å². The number of aliphatic hydroxyl groups is 3. The standard InChI is InChI=1S/C14H28O5/c1-2-3-4-5-6-7-8-18-9-12(16)14-13(17)11(15)10-19-14/h11-17H,2-10H2,1H3. The molecule has 1 aliphatic heterocycles. The lowest BCUT2D eigenvalue weighted by Gasteiger charge is -2.20. The van der Waals surface area contributed by atoms with Crippen LogP contribution in [-0.4, -0.2) is 59.6 Å². The molecule has 5 nitrogen and oxygen atoms in total. The molecule has 4 unspecified atom stereocenters. The highest BCUT2D eigenvalue weighted by Crippen LogP contribution is 2.17. The van der Waals surface area contributed by atoms with E-state index in [1.165, 1.54) is 25.7 Å². The van der Waals surface area contributed by atoms with Gasteiger partial charge in [-0.25, -0.2) is 0 Å². The van der Waals surface area contributed by atoms with Gasteiger partial charge in [0.05, 0.1) is 13.2 Å². The fourth-order valence-electron chi connectivity index (χ4n) is 2.25. The molecule has 0 aromatic heterocycles. The molecule has 0 amide bonds. The minimum absolute atomic E-state index is 0.0698. The van der Waals surface area contributed by atoms with Crippen LogP contribution in [0, 0.1) is 0 Å². The second kappa shape index (κ2) is 9.66. The summed E-state index contributed by atoms with van der Waals surface area (Å²) in [4.78, 5) is 0. The van der Waals surface area contributed by atoms with Crippen molar-refractivity contribution in [2.45, 2.75) is 69.9 Å². The van der Waals surface area contributed by atoms with E-state index in [1.54, 1.807) is 0 Å². The van der Waals surface area contributed by atoms with Crippen LogP contribution in [0.1, 0.15) is 45.4 Å². The third-order valence-electron chi connectivity index (χ3n) is 3.50. The second-order valence-corrected chi connectivity index (χ2v) is 5.27. The summed E-state index contributed by atoms with van der Waals surface area (Å²) in [5.74, 6) is 0. The quantitative estimate of drug-likeness (QED) is 0.515. The molecule has 0 radical (unpaired) electrons. The van der Waals surface area contributed by atoms with Crippen molar-refractivity contribution in [2.75, 3.05) is 19.8 Å². The van der Waals surface area contributed by atoms with Crippen LogP contribution >= 0.6 is 0 Å². The highest BCUT2D eigenvalue weighted by atomic mass is 16.5. The zero-order chi connectivity index (χ0) is 14.1. The summed E-state index contributed by atoms with van der Waals surface area (Å²) in [6.45, 7) is 3.03. The Morgan fingerprint density at radius 1 is 1.16 bits per heavy atom. The second-order valence-electron chi connectivity index (χ2n) is 5.27. The normalized spacial score (nSPS) is 28.7. The molecule has 1 saturated heterocycles. The molecule has 0 aromatic rings. The summed E-state index contributed by atoms with van der Waals surface area (Å²) in [6.07, 6.45) is 3.65. The first-order valence-corrected chi connectivity index (χ1v) is 7.40. The number of hydrogen-bond donors (Lipinski definition) is 3. The van der Waals surface area contributed by atoms with E-state index in [9.17, 15) is 15.3 Å². The summed E-state index contributed by atoms with van der Waals surface area (Å²) >= 11 is 0. The van der Waals surface area contributed by atoms with Crippen molar-refractivity contribution in [1.82, 2.24) is 0 Å². The van der Waals surface area contributed by atoms with Crippen molar-refractivity contribution in [3.63, 3.8) is 0 Å². The molecular formula is C14H28O5. The molecule has 1 fully saturated rings. The summed E-state index contributed by atoms with van der Waals surface area (Å²) < 4.78 is 10.5. The van der Waals surface area contributed by atoms with Gasteiger partial charge in [0.1, 0.15) is 24.4 Å². The Morgan fingerprint density at radius 2 is 1.84 bits per heavy atom. The molecule has 0 bridgehead atoms. The molecule has 1 rings (SSSR count). The van der Waals surface area contributed by atoms with Crippen molar-refractivity contribution >= 4 is 0 Å².